The molecule has 0 aliphatic carbocycles. The molecule has 11 heteroatoms. The van der Waals surface area contributed by atoms with E-state index in [9.17, 15) is 14.4 Å². The first-order valence-electron chi connectivity index (χ1n) is 9.66. The van der Waals surface area contributed by atoms with E-state index >= 15 is 0 Å². The van der Waals surface area contributed by atoms with E-state index < -0.39 is 0 Å². The van der Waals surface area contributed by atoms with Crippen LogP contribution >= 0.6 is 11.3 Å². The Bertz CT molecular complexity index is 1110. The van der Waals surface area contributed by atoms with Crippen LogP contribution in [-0.2, 0) is 22.7 Å². The minimum Gasteiger partial charge on any atom is -0.467 e. The van der Waals surface area contributed by atoms with E-state index in [-0.39, 0.29) is 36.4 Å². The molecule has 0 bridgehead atoms. The van der Waals surface area contributed by atoms with Crippen molar-refractivity contribution in [2.75, 3.05) is 25.0 Å². The monoisotopic (exact) mass is 430 g/mol. The molecule has 1 fully saturated rings. The summed E-state index contributed by atoms with van der Waals surface area (Å²) in [5, 5.41) is 6.07. The number of fused-ring (bicyclic) bond motifs is 1. The van der Waals surface area contributed by atoms with Gasteiger partial charge in [-0.05, 0) is 25.0 Å². The van der Waals surface area contributed by atoms with Crippen LogP contribution in [0.15, 0.2) is 33.9 Å². The van der Waals surface area contributed by atoms with Crippen LogP contribution in [0.4, 0.5) is 5.13 Å². The third-order valence-corrected chi connectivity index (χ3v) is 6.13. The van der Waals surface area contributed by atoms with Gasteiger partial charge < -0.3 is 20.0 Å². The van der Waals surface area contributed by atoms with Gasteiger partial charge in [0.05, 0.1) is 18.7 Å². The first-order chi connectivity index (χ1) is 14.5. The summed E-state index contributed by atoms with van der Waals surface area (Å²) in [6.45, 7) is 1.44. The summed E-state index contributed by atoms with van der Waals surface area (Å²) in [7, 11) is 1.64. The molecule has 10 nitrogen and oxygen atoms in total. The first-order valence-corrected chi connectivity index (χ1v) is 10.5. The molecule has 158 valence electrons. The van der Waals surface area contributed by atoms with Crippen molar-refractivity contribution in [3.63, 3.8) is 0 Å². The van der Waals surface area contributed by atoms with Crippen molar-refractivity contribution in [1.82, 2.24) is 25.2 Å². The molecule has 3 aromatic heterocycles. The molecule has 1 aliphatic heterocycles. The Labute approximate surface area is 175 Å². The number of hydrogen-bond donors (Lipinski definition) is 2. The molecule has 0 aromatic carbocycles. The van der Waals surface area contributed by atoms with E-state index in [1.54, 1.807) is 19.2 Å². The Morgan fingerprint density at radius 2 is 2.27 bits per heavy atom. The van der Waals surface area contributed by atoms with Crippen LogP contribution in [-0.4, -0.2) is 46.5 Å². The van der Waals surface area contributed by atoms with Crippen LogP contribution in [0.5, 0.6) is 0 Å². The lowest BCUT2D eigenvalue weighted by atomic mass is 9.98. The van der Waals surface area contributed by atoms with E-state index in [1.165, 1.54) is 28.5 Å². The second kappa shape index (κ2) is 8.66. The molecule has 0 saturated carbocycles. The topological polar surface area (TPSA) is 122 Å². The van der Waals surface area contributed by atoms with Crippen LogP contribution in [0.2, 0.25) is 0 Å². The zero-order valence-corrected chi connectivity index (χ0v) is 17.3. The third-order valence-electron chi connectivity index (χ3n) is 5.04. The van der Waals surface area contributed by atoms with Crippen LogP contribution in [0, 0.1) is 5.92 Å². The number of furan rings is 1. The molecule has 0 unspecified atom stereocenters. The van der Waals surface area contributed by atoms with Gasteiger partial charge in [-0.25, -0.2) is 4.98 Å². The van der Waals surface area contributed by atoms with Gasteiger partial charge in [-0.1, -0.05) is 11.3 Å². The normalized spacial score (nSPS) is 16.6. The number of piperidine rings is 1. The molecule has 0 radical (unpaired) electrons. The van der Waals surface area contributed by atoms with Gasteiger partial charge in [0, 0.05) is 20.1 Å². The summed E-state index contributed by atoms with van der Waals surface area (Å²) < 4.78 is 6.84. The molecule has 3 aromatic rings. The van der Waals surface area contributed by atoms with E-state index in [0.717, 1.165) is 19.4 Å². The van der Waals surface area contributed by atoms with Crippen LogP contribution in [0.3, 0.4) is 0 Å². The highest BCUT2D eigenvalue weighted by Gasteiger charge is 2.27. The highest BCUT2D eigenvalue weighted by molar-refractivity contribution is 7.22. The number of hydrogen-bond acceptors (Lipinski definition) is 8. The van der Waals surface area contributed by atoms with Crippen molar-refractivity contribution in [1.29, 1.82) is 0 Å². The van der Waals surface area contributed by atoms with Crippen LogP contribution < -0.4 is 21.1 Å². The average Bonchev–Trinajstić information content (AvgIpc) is 3.44. The summed E-state index contributed by atoms with van der Waals surface area (Å²) in [5.41, 5.74) is 0.0473. The Morgan fingerprint density at radius 3 is 3.03 bits per heavy atom. The number of carbonyl (C=O) groups excluding carboxylic acids is 2. The Kier molecular flexibility index (Phi) is 5.79. The molecule has 2 amide bonds. The number of nitrogens with zero attached hydrogens (tertiary/aromatic N) is 4. The molecular weight excluding hydrogens is 408 g/mol. The third kappa shape index (κ3) is 4.20. The molecule has 4 rings (SSSR count). The maximum absolute atomic E-state index is 12.8. The minimum atomic E-state index is -0.316. The smallest absolute Gasteiger partial charge is 0.273 e. The largest absolute Gasteiger partial charge is 0.467 e. The maximum Gasteiger partial charge on any atom is 0.273 e. The molecular formula is C19H22N6O4S. The second-order valence-electron chi connectivity index (χ2n) is 7.08. The zero-order valence-electron chi connectivity index (χ0n) is 16.5. The molecule has 1 saturated heterocycles. The second-order valence-corrected chi connectivity index (χ2v) is 8.06. The predicted molar refractivity (Wildman–Crippen MR) is 111 cm³/mol. The average molecular weight is 430 g/mol. The van der Waals surface area contributed by atoms with Gasteiger partial charge in [-0.15, -0.1) is 0 Å². The fourth-order valence-corrected chi connectivity index (χ4v) is 4.47. The van der Waals surface area contributed by atoms with Gasteiger partial charge in [0.25, 0.3) is 5.56 Å². The number of carbonyl (C=O) groups is 2. The number of aromatic nitrogens is 3. The van der Waals surface area contributed by atoms with Gasteiger partial charge in [-0.3, -0.25) is 19.0 Å². The van der Waals surface area contributed by atoms with Crippen molar-refractivity contribution in [2.45, 2.75) is 25.9 Å². The first kappa shape index (κ1) is 20.1. The SMILES string of the molecule is CNC(=O)[C@H]1CCCN(c2nc3ncn(CC(=O)NCc4ccco4)c(=O)c3s2)C1. The van der Waals surface area contributed by atoms with Gasteiger partial charge in [0.1, 0.15) is 23.3 Å². The lowest BCUT2D eigenvalue weighted by molar-refractivity contribution is -0.124. The van der Waals surface area contributed by atoms with E-state index in [4.69, 9.17) is 4.42 Å². The summed E-state index contributed by atoms with van der Waals surface area (Å²) in [4.78, 5) is 47.7. The van der Waals surface area contributed by atoms with E-state index in [1.807, 2.05) is 4.90 Å². The lowest BCUT2D eigenvalue weighted by Gasteiger charge is -2.31. The lowest BCUT2D eigenvalue weighted by Crippen LogP contribution is -2.42. The molecule has 1 aliphatic rings. The van der Waals surface area contributed by atoms with Gasteiger partial charge in [0.15, 0.2) is 10.8 Å². The Balaban J connectivity index is 1.48. The number of nitrogens with one attached hydrogen (secondary N) is 2. The highest BCUT2D eigenvalue weighted by Crippen LogP contribution is 2.29. The Hall–Kier alpha value is -3.21. The standard InChI is InChI=1S/C19H22N6O4S/c1-20-17(27)12-4-2-6-24(9-12)19-23-16-15(30-19)18(28)25(11-22-16)10-14(26)21-8-13-5-3-7-29-13/h3,5,7,11-12H,2,4,6,8-10H2,1H3,(H,20,27)(H,21,26)/t12-/m0/s1. The summed E-state index contributed by atoms with van der Waals surface area (Å²) in [5.74, 6) is 0.233. The predicted octanol–water partition coefficient (Wildman–Crippen LogP) is 0.725. The fourth-order valence-electron chi connectivity index (χ4n) is 3.46. The van der Waals surface area contributed by atoms with Gasteiger partial charge >= 0.3 is 0 Å². The zero-order chi connectivity index (χ0) is 21.1. The van der Waals surface area contributed by atoms with Gasteiger partial charge in [0.2, 0.25) is 11.8 Å². The maximum atomic E-state index is 12.8. The molecule has 1 atom stereocenters. The summed E-state index contributed by atoms with van der Waals surface area (Å²) in [6, 6.07) is 3.50. The molecule has 30 heavy (non-hydrogen) atoms. The van der Waals surface area contributed by atoms with Crippen molar-refractivity contribution in [2.24, 2.45) is 5.92 Å². The summed E-state index contributed by atoms with van der Waals surface area (Å²) in [6.07, 6.45) is 4.58. The number of thiazole rings is 1. The van der Waals surface area contributed by atoms with Crippen molar-refractivity contribution < 1.29 is 14.0 Å². The molecule has 0 spiro atoms. The van der Waals surface area contributed by atoms with Crippen LogP contribution in [0.1, 0.15) is 18.6 Å². The van der Waals surface area contributed by atoms with Crippen molar-refractivity contribution >= 4 is 38.6 Å². The fraction of sp³-hybridized carbons (Fsp3) is 0.421. The van der Waals surface area contributed by atoms with Crippen molar-refractivity contribution in [3.8, 4) is 0 Å². The summed E-state index contributed by atoms with van der Waals surface area (Å²) >= 11 is 1.24. The number of anilines is 1. The van der Waals surface area contributed by atoms with Gasteiger partial charge in [-0.2, -0.15) is 4.98 Å². The van der Waals surface area contributed by atoms with E-state index in [0.29, 0.717) is 27.8 Å². The highest BCUT2D eigenvalue weighted by atomic mass is 32.1. The van der Waals surface area contributed by atoms with E-state index in [2.05, 4.69) is 20.6 Å². The quantitative estimate of drug-likeness (QED) is 0.591. The van der Waals surface area contributed by atoms with Crippen LogP contribution in [0.25, 0.3) is 10.3 Å². The molecule has 4 heterocycles. The molecule has 2 N–H and O–H groups in total. The number of rotatable bonds is 6. The number of amides is 2. The Morgan fingerprint density at radius 1 is 1.40 bits per heavy atom. The minimum absolute atomic E-state index is 0.0156. The van der Waals surface area contributed by atoms with Crippen molar-refractivity contribution in [3.05, 3.63) is 40.8 Å².